The highest BCUT2D eigenvalue weighted by molar-refractivity contribution is 7.91. The Kier molecular flexibility index (Phi) is 7.91. The summed E-state index contributed by atoms with van der Waals surface area (Å²) in [5.74, 6) is -0.183. The number of sulfone groups is 1. The fourth-order valence-corrected chi connectivity index (χ4v) is 5.69. The van der Waals surface area contributed by atoms with Crippen LogP contribution in [-0.2, 0) is 21.2 Å². The van der Waals surface area contributed by atoms with Gasteiger partial charge in [0.05, 0.1) is 22.5 Å². The fraction of sp³-hybridized carbons (Fsp3) is 0.435. The van der Waals surface area contributed by atoms with Crippen molar-refractivity contribution in [2.75, 3.05) is 36.1 Å². The maximum absolute atomic E-state index is 13.1. The predicted octanol–water partition coefficient (Wildman–Crippen LogP) is 3.04. The summed E-state index contributed by atoms with van der Waals surface area (Å²) in [5, 5.41) is 11.0. The molecule has 1 fully saturated rings. The summed E-state index contributed by atoms with van der Waals surface area (Å²) in [7, 11) is -3.19. The number of ether oxygens (including phenoxy) is 1. The molecule has 3 rings (SSSR count). The van der Waals surface area contributed by atoms with Gasteiger partial charge in [-0.3, -0.25) is 14.9 Å². The lowest BCUT2D eigenvalue weighted by atomic mass is 10.1. The summed E-state index contributed by atoms with van der Waals surface area (Å²) in [4.78, 5) is 27.3. The van der Waals surface area contributed by atoms with E-state index >= 15 is 0 Å². The van der Waals surface area contributed by atoms with Crippen LogP contribution < -0.4 is 9.64 Å². The SMILES string of the molecule is CCN(CC)c1ccc(CN(C(=O)COc2cccc([N+](=O)[O-])c2)C2CCS(=O)(=O)C2)cc1. The van der Waals surface area contributed by atoms with Gasteiger partial charge in [0.15, 0.2) is 16.4 Å². The lowest BCUT2D eigenvalue weighted by Gasteiger charge is -2.29. The number of amides is 1. The molecule has 0 aliphatic carbocycles. The quantitative estimate of drug-likeness (QED) is 0.384. The first-order valence-electron chi connectivity index (χ1n) is 10.9. The summed E-state index contributed by atoms with van der Waals surface area (Å²) in [6.07, 6.45) is 0.377. The maximum atomic E-state index is 13.1. The van der Waals surface area contributed by atoms with E-state index in [2.05, 4.69) is 18.7 Å². The molecular formula is C23H29N3O6S. The van der Waals surface area contributed by atoms with Crippen molar-refractivity contribution < 1.29 is 22.9 Å². The van der Waals surface area contributed by atoms with Crippen LogP contribution in [0.25, 0.3) is 0 Å². The van der Waals surface area contributed by atoms with E-state index in [0.717, 1.165) is 24.3 Å². The molecule has 1 unspecified atom stereocenters. The van der Waals surface area contributed by atoms with Gasteiger partial charge in [0.2, 0.25) is 0 Å². The summed E-state index contributed by atoms with van der Waals surface area (Å²) in [6, 6.07) is 13.1. The number of carbonyl (C=O) groups excluding carboxylic acids is 1. The Labute approximate surface area is 194 Å². The smallest absolute Gasteiger partial charge is 0.273 e. The number of non-ortho nitro benzene ring substituents is 1. The topological polar surface area (TPSA) is 110 Å². The normalized spacial score (nSPS) is 16.8. The summed E-state index contributed by atoms with van der Waals surface area (Å²) in [6.45, 7) is 5.86. The monoisotopic (exact) mass is 475 g/mol. The molecule has 2 aromatic carbocycles. The Bertz CT molecular complexity index is 1080. The average molecular weight is 476 g/mol. The van der Waals surface area contributed by atoms with Gasteiger partial charge in [0, 0.05) is 37.4 Å². The molecule has 1 saturated heterocycles. The molecule has 10 heteroatoms. The van der Waals surface area contributed by atoms with Crippen molar-refractivity contribution in [1.82, 2.24) is 4.90 Å². The summed E-state index contributed by atoms with van der Waals surface area (Å²) in [5.41, 5.74) is 1.84. The Morgan fingerprint density at radius 1 is 1.15 bits per heavy atom. The average Bonchev–Trinajstić information content (AvgIpc) is 3.17. The molecule has 1 aliphatic rings. The second-order valence-corrected chi connectivity index (χ2v) is 10.2. The minimum atomic E-state index is -3.19. The highest BCUT2D eigenvalue weighted by Gasteiger charge is 2.34. The number of rotatable bonds is 10. The highest BCUT2D eigenvalue weighted by Crippen LogP contribution is 2.23. The third-order valence-electron chi connectivity index (χ3n) is 5.78. The third-order valence-corrected chi connectivity index (χ3v) is 7.53. The van der Waals surface area contributed by atoms with Crippen LogP contribution in [0.15, 0.2) is 48.5 Å². The molecule has 1 aliphatic heterocycles. The minimum Gasteiger partial charge on any atom is -0.484 e. The van der Waals surface area contributed by atoms with Gasteiger partial charge in [0.1, 0.15) is 5.75 Å². The van der Waals surface area contributed by atoms with Crippen LogP contribution >= 0.6 is 0 Å². The van der Waals surface area contributed by atoms with E-state index in [1.54, 1.807) is 4.90 Å². The number of hydrogen-bond donors (Lipinski definition) is 0. The zero-order valence-electron chi connectivity index (χ0n) is 18.8. The number of hydrogen-bond acceptors (Lipinski definition) is 7. The standard InChI is InChI=1S/C23H29N3O6S/c1-3-24(4-2)19-10-8-18(9-11-19)15-25(21-12-13-33(30,31)17-21)23(27)16-32-22-7-5-6-20(14-22)26(28)29/h5-11,14,21H,3-4,12-13,15-17H2,1-2H3. The Balaban J connectivity index is 1.74. The second-order valence-electron chi connectivity index (χ2n) is 7.96. The molecule has 0 aromatic heterocycles. The van der Waals surface area contributed by atoms with Crippen LogP contribution in [0.4, 0.5) is 11.4 Å². The highest BCUT2D eigenvalue weighted by atomic mass is 32.2. The van der Waals surface area contributed by atoms with Crippen molar-refractivity contribution in [3.63, 3.8) is 0 Å². The number of nitro groups is 1. The summed E-state index contributed by atoms with van der Waals surface area (Å²) >= 11 is 0. The van der Waals surface area contributed by atoms with Gasteiger partial charge in [0.25, 0.3) is 11.6 Å². The fourth-order valence-electron chi connectivity index (χ4n) is 3.95. The van der Waals surface area contributed by atoms with Gasteiger partial charge in [-0.2, -0.15) is 0 Å². The molecule has 0 N–H and O–H groups in total. The lowest BCUT2D eigenvalue weighted by molar-refractivity contribution is -0.384. The van der Waals surface area contributed by atoms with Crippen molar-refractivity contribution in [1.29, 1.82) is 0 Å². The van der Waals surface area contributed by atoms with E-state index in [1.165, 1.54) is 24.3 Å². The van der Waals surface area contributed by atoms with Crippen LogP contribution in [0.3, 0.4) is 0 Å². The van der Waals surface area contributed by atoms with Crippen molar-refractivity contribution in [2.45, 2.75) is 32.9 Å². The van der Waals surface area contributed by atoms with E-state index in [0.29, 0.717) is 6.42 Å². The largest absolute Gasteiger partial charge is 0.484 e. The molecule has 33 heavy (non-hydrogen) atoms. The first kappa shape index (κ1) is 24.5. The lowest BCUT2D eigenvalue weighted by Crippen LogP contribution is -2.43. The van der Waals surface area contributed by atoms with Gasteiger partial charge in [-0.25, -0.2) is 8.42 Å². The molecule has 0 radical (unpaired) electrons. The van der Waals surface area contributed by atoms with Gasteiger partial charge in [-0.15, -0.1) is 0 Å². The molecular weight excluding hydrogens is 446 g/mol. The number of anilines is 1. The third kappa shape index (κ3) is 6.44. The molecule has 0 bridgehead atoms. The molecule has 1 heterocycles. The summed E-state index contributed by atoms with van der Waals surface area (Å²) < 4.78 is 29.6. The Morgan fingerprint density at radius 2 is 1.85 bits per heavy atom. The van der Waals surface area contributed by atoms with E-state index in [1.807, 2.05) is 24.3 Å². The van der Waals surface area contributed by atoms with E-state index in [4.69, 9.17) is 4.74 Å². The second kappa shape index (κ2) is 10.7. The van der Waals surface area contributed by atoms with Gasteiger partial charge in [-0.05, 0) is 44.0 Å². The van der Waals surface area contributed by atoms with Crippen molar-refractivity contribution in [2.24, 2.45) is 0 Å². The number of nitro benzene ring substituents is 1. The van der Waals surface area contributed by atoms with Crippen LogP contribution in [0.1, 0.15) is 25.8 Å². The van der Waals surface area contributed by atoms with E-state index < -0.39 is 20.8 Å². The Hall–Kier alpha value is -3.14. The first-order chi connectivity index (χ1) is 15.7. The van der Waals surface area contributed by atoms with Crippen molar-refractivity contribution in [3.8, 4) is 5.75 Å². The van der Waals surface area contributed by atoms with Crippen LogP contribution in [0.5, 0.6) is 5.75 Å². The molecule has 0 saturated carbocycles. The zero-order chi connectivity index (χ0) is 24.0. The molecule has 0 spiro atoms. The van der Waals surface area contributed by atoms with Gasteiger partial charge >= 0.3 is 0 Å². The molecule has 1 amide bonds. The molecule has 178 valence electrons. The first-order valence-corrected chi connectivity index (χ1v) is 12.8. The van der Waals surface area contributed by atoms with E-state index in [-0.39, 0.29) is 42.0 Å². The minimum absolute atomic E-state index is 0.0497. The molecule has 2 aromatic rings. The van der Waals surface area contributed by atoms with Crippen LogP contribution in [0, 0.1) is 10.1 Å². The van der Waals surface area contributed by atoms with Crippen molar-refractivity contribution in [3.05, 3.63) is 64.2 Å². The van der Waals surface area contributed by atoms with Gasteiger partial charge < -0.3 is 14.5 Å². The van der Waals surface area contributed by atoms with E-state index in [9.17, 15) is 23.3 Å². The Morgan fingerprint density at radius 3 is 2.42 bits per heavy atom. The molecule has 1 atom stereocenters. The number of benzene rings is 2. The number of carbonyl (C=O) groups is 1. The van der Waals surface area contributed by atoms with Crippen LogP contribution in [0.2, 0.25) is 0 Å². The maximum Gasteiger partial charge on any atom is 0.273 e. The van der Waals surface area contributed by atoms with Gasteiger partial charge in [-0.1, -0.05) is 18.2 Å². The van der Waals surface area contributed by atoms with Crippen molar-refractivity contribution >= 4 is 27.1 Å². The molecule has 9 nitrogen and oxygen atoms in total. The number of nitrogens with zero attached hydrogens (tertiary/aromatic N) is 3. The zero-order valence-corrected chi connectivity index (χ0v) is 19.7. The predicted molar refractivity (Wildman–Crippen MR) is 126 cm³/mol. The van der Waals surface area contributed by atoms with Crippen LogP contribution in [-0.4, -0.2) is 61.4 Å².